The number of rotatable bonds is 4. The second kappa shape index (κ2) is 6.21. The highest BCUT2D eigenvalue weighted by molar-refractivity contribution is 7.17. The molecule has 6 nitrogen and oxygen atoms in total. The number of carbonyl (C=O) groups is 1. The highest BCUT2D eigenvalue weighted by Crippen LogP contribution is 2.26. The zero-order valence-corrected chi connectivity index (χ0v) is 13.3. The van der Waals surface area contributed by atoms with Crippen LogP contribution in [0.15, 0.2) is 60.2 Å². The zero-order valence-electron chi connectivity index (χ0n) is 12.5. The van der Waals surface area contributed by atoms with E-state index in [9.17, 15) is 4.79 Å². The van der Waals surface area contributed by atoms with Crippen LogP contribution in [-0.4, -0.2) is 26.2 Å². The second-order valence-electron chi connectivity index (χ2n) is 5.10. The van der Waals surface area contributed by atoms with Crippen LogP contribution in [0.4, 0.5) is 0 Å². The number of fused-ring (bicyclic) bond motifs is 1. The van der Waals surface area contributed by atoms with Crippen LogP contribution < -0.4 is 0 Å². The van der Waals surface area contributed by atoms with Gasteiger partial charge in [-0.1, -0.05) is 30.3 Å². The van der Waals surface area contributed by atoms with Gasteiger partial charge in [-0.15, -0.1) is 16.4 Å². The van der Waals surface area contributed by atoms with E-state index in [1.54, 1.807) is 29.5 Å². The molecule has 0 bridgehead atoms. The van der Waals surface area contributed by atoms with E-state index < -0.39 is 5.97 Å². The molecule has 0 radical (unpaired) electrons. The molecule has 4 rings (SSSR count). The van der Waals surface area contributed by atoms with Gasteiger partial charge in [-0.2, -0.15) is 4.68 Å². The molecule has 0 saturated heterocycles. The van der Waals surface area contributed by atoms with E-state index in [1.165, 1.54) is 15.7 Å². The average molecular weight is 336 g/mol. The molecule has 0 aliphatic heterocycles. The second-order valence-corrected chi connectivity index (χ2v) is 6.02. The minimum absolute atomic E-state index is 0.229. The van der Waals surface area contributed by atoms with Crippen LogP contribution in [0, 0.1) is 0 Å². The maximum Gasteiger partial charge on any atom is 0.340 e. The number of thiophene rings is 1. The molecule has 0 amide bonds. The molecule has 24 heavy (non-hydrogen) atoms. The lowest BCUT2D eigenvalue weighted by atomic mass is 10.1. The summed E-state index contributed by atoms with van der Waals surface area (Å²) in [7, 11) is 0. The Morgan fingerprint density at radius 2 is 1.96 bits per heavy atom. The van der Waals surface area contributed by atoms with E-state index in [0.717, 1.165) is 10.9 Å². The molecule has 0 atom stereocenters. The maximum atomic E-state index is 12.5. The standard InChI is InChI=1S/C17H12N4O2S/c22-17(14-6-1-3-7-15(14)21-11-18-19-20-21)23-9-12-10-24-16-8-4-2-5-13(12)16/h1-8,10-11H,9H2. The van der Waals surface area contributed by atoms with Crippen LogP contribution >= 0.6 is 11.3 Å². The smallest absolute Gasteiger partial charge is 0.340 e. The number of nitrogens with zero attached hydrogens (tertiary/aromatic N) is 4. The Morgan fingerprint density at radius 1 is 1.12 bits per heavy atom. The number of hydrogen-bond donors (Lipinski definition) is 0. The normalized spacial score (nSPS) is 10.8. The predicted molar refractivity (Wildman–Crippen MR) is 90.1 cm³/mol. The third-order valence-corrected chi connectivity index (χ3v) is 4.65. The molecule has 0 spiro atoms. The fourth-order valence-corrected chi connectivity index (χ4v) is 3.43. The summed E-state index contributed by atoms with van der Waals surface area (Å²) in [5, 5.41) is 14.2. The number of ether oxygens (including phenoxy) is 1. The number of benzene rings is 2. The Bertz CT molecular complexity index is 995. The zero-order chi connectivity index (χ0) is 16.4. The van der Waals surface area contributed by atoms with Gasteiger partial charge in [0.1, 0.15) is 12.9 Å². The summed E-state index contributed by atoms with van der Waals surface area (Å²) >= 11 is 1.64. The van der Waals surface area contributed by atoms with E-state index in [4.69, 9.17) is 4.74 Å². The van der Waals surface area contributed by atoms with Gasteiger partial charge >= 0.3 is 5.97 Å². The Kier molecular flexibility index (Phi) is 3.76. The number of esters is 1. The van der Waals surface area contributed by atoms with Crippen molar-refractivity contribution < 1.29 is 9.53 Å². The van der Waals surface area contributed by atoms with Crippen LogP contribution in [0.2, 0.25) is 0 Å². The van der Waals surface area contributed by atoms with Crippen molar-refractivity contribution in [3.8, 4) is 5.69 Å². The van der Waals surface area contributed by atoms with Gasteiger partial charge in [0.15, 0.2) is 0 Å². The minimum atomic E-state index is -0.406. The van der Waals surface area contributed by atoms with Crippen molar-refractivity contribution in [2.75, 3.05) is 0 Å². The van der Waals surface area contributed by atoms with Gasteiger partial charge in [-0.25, -0.2) is 4.79 Å². The van der Waals surface area contributed by atoms with Gasteiger partial charge in [-0.3, -0.25) is 0 Å². The fraction of sp³-hybridized carbons (Fsp3) is 0.0588. The van der Waals surface area contributed by atoms with Crippen molar-refractivity contribution in [2.45, 2.75) is 6.61 Å². The Labute approximate surface area is 141 Å². The summed E-state index contributed by atoms with van der Waals surface area (Å²) in [5.74, 6) is -0.406. The topological polar surface area (TPSA) is 69.9 Å². The van der Waals surface area contributed by atoms with Crippen molar-refractivity contribution in [1.29, 1.82) is 0 Å². The van der Waals surface area contributed by atoms with Gasteiger partial charge in [0.05, 0.1) is 11.3 Å². The Morgan fingerprint density at radius 3 is 2.83 bits per heavy atom. The van der Waals surface area contributed by atoms with Crippen molar-refractivity contribution in [1.82, 2.24) is 20.2 Å². The molecule has 0 fully saturated rings. The van der Waals surface area contributed by atoms with E-state index in [0.29, 0.717) is 11.3 Å². The Hall–Kier alpha value is -3.06. The van der Waals surface area contributed by atoms with Gasteiger partial charge in [0, 0.05) is 10.3 Å². The maximum absolute atomic E-state index is 12.5. The Balaban J connectivity index is 1.57. The summed E-state index contributed by atoms with van der Waals surface area (Å²) in [6.07, 6.45) is 1.44. The number of tetrazole rings is 1. The number of hydrogen-bond acceptors (Lipinski definition) is 6. The molecule has 0 N–H and O–H groups in total. The van der Waals surface area contributed by atoms with E-state index in [1.807, 2.05) is 29.6 Å². The fourth-order valence-electron chi connectivity index (χ4n) is 2.48. The molecular weight excluding hydrogens is 324 g/mol. The predicted octanol–water partition coefficient (Wildman–Crippen LogP) is 3.23. The average Bonchev–Trinajstić information content (AvgIpc) is 3.30. The molecule has 0 aliphatic carbocycles. The summed E-state index contributed by atoms with van der Waals surface area (Å²) in [6, 6.07) is 15.1. The molecule has 2 heterocycles. The van der Waals surface area contributed by atoms with E-state index >= 15 is 0 Å². The highest BCUT2D eigenvalue weighted by Gasteiger charge is 2.15. The molecule has 7 heteroatoms. The summed E-state index contributed by atoms with van der Waals surface area (Å²) in [6.45, 7) is 0.229. The lowest BCUT2D eigenvalue weighted by Crippen LogP contribution is -2.10. The van der Waals surface area contributed by atoms with Gasteiger partial charge in [0.2, 0.25) is 0 Å². The minimum Gasteiger partial charge on any atom is -0.457 e. The van der Waals surface area contributed by atoms with Crippen LogP contribution in [-0.2, 0) is 11.3 Å². The molecule has 4 aromatic rings. The first-order valence-electron chi connectivity index (χ1n) is 7.27. The van der Waals surface area contributed by atoms with Crippen molar-refractivity contribution in [2.24, 2.45) is 0 Å². The van der Waals surface area contributed by atoms with Gasteiger partial charge < -0.3 is 4.74 Å². The molecule has 0 saturated carbocycles. The van der Waals surface area contributed by atoms with Crippen LogP contribution in [0.25, 0.3) is 15.8 Å². The number of aromatic nitrogens is 4. The molecule has 0 unspecified atom stereocenters. The molecule has 118 valence electrons. The van der Waals surface area contributed by atoms with Crippen LogP contribution in [0.1, 0.15) is 15.9 Å². The first-order chi connectivity index (χ1) is 11.8. The summed E-state index contributed by atoms with van der Waals surface area (Å²) in [5.41, 5.74) is 2.01. The monoisotopic (exact) mass is 336 g/mol. The van der Waals surface area contributed by atoms with Gasteiger partial charge in [0.25, 0.3) is 0 Å². The molecule has 0 aliphatic rings. The van der Waals surface area contributed by atoms with Crippen molar-refractivity contribution in [3.63, 3.8) is 0 Å². The van der Waals surface area contributed by atoms with Crippen LogP contribution in [0.3, 0.4) is 0 Å². The van der Waals surface area contributed by atoms with E-state index in [2.05, 4.69) is 21.6 Å². The number of carbonyl (C=O) groups excluding carboxylic acids is 1. The SMILES string of the molecule is O=C(OCc1csc2ccccc12)c1ccccc1-n1cnnn1. The third-order valence-electron chi connectivity index (χ3n) is 3.64. The molecule has 2 aromatic heterocycles. The highest BCUT2D eigenvalue weighted by atomic mass is 32.1. The lowest BCUT2D eigenvalue weighted by Gasteiger charge is -2.08. The lowest BCUT2D eigenvalue weighted by molar-refractivity contribution is 0.0474. The quantitative estimate of drug-likeness (QED) is 0.535. The van der Waals surface area contributed by atoms with Gasteiger partial charge in [-0.05, 0) is 39.4 Å². The van der Waals surface area contributed by atoms with E-state index in [-0.39, 0.29) is 6.61 Å². The first-order valence-corrected chi connectivity index (χ1v) is 8.15. The summed E-state index contributed by atoms with van der Waals surface area (Å²) in [4.78, 5) is 12.5. The van der Waals surface area contributed by atoms with Crippen molar-refractivity contribution >= 4 is 27.4 Å². The third kappa shape index (κ3) is 2.65. The summed E-state index contributed by atoms with van der Waals surface area (Å²) < 4.78 is 8.12. The van der Waals surface area contributed by atoms with Crippen molar-refractivity contribution in [3.05, 3.63) is 71.4 Å². The van der Waals surface area contributed by atoms with Crippen LogP contribution in [0.5, 0.6) is 0 Å². The number of para-hydroxylation sites is 1. The largest absolute Gasteiger partial charge is 0.457 e. The molecular formula is C17H12N4O2S. The molecule has 2 aromatic carbocycles. The first kappa shape index (κ1) is 14.5.